The van der Waals surface area contributed by atoms with E-state index >= 15 is 0 Å². The van der Waals surface area contributed by atoms with Crippen molar-refractivity contribution in [3.63, 3.8) is 0 Å². The summed E-state index contributed by atoms with van der Waals surface area (Å²) in [4.78, 5) is 11.6. The molecule has 0 aliphatic heterocycles. The first-order valence-corrected chi connectivity index (χ1v) is 4.94. The number of imidazole rings is 1. The molecule has 0 aliphatic carbocycles. The second kappa shape index (κ2) is 3.88. The highest BCUT2D eigenvalue weighted by atomic mass is 19.1. The van der Waals surface area contributed by atoms with Gasteiger partial charge in [0.2, 0.25) is 5.95 Å². The molecule has 2 aromatic rings. The highest BCUT2D eigenvalue weighted by Gasteiger charge is 2.14. The monoisotopic (exact) mass is 221 g/mol. The van der Waals surface area contributed by atoms with Crippen molar-refractivity contribution in [3.8, 4) is 11.4 Å². The molecule has 0 bridgehead atoms. The summed E-state index contributed by atoms with van der Waals surface area (Å²) in [6, 6.07) is 0. The van der Waals surface area contributed by atoms with Gasteiger partial charge in [0.1, 0.15) is 11.5 Å². The Labute approximate surface area is 92.2 Å². The van der Waals surface area contributed by atoms with Crippen LogP contribution in [-0.4, -0.2) is 19.5 Å². The molecule has 0 aliphatic rings. The van der Waals surface area contributed by atoms with Gasteiger partial charge in [0.15, 0.2) is 5.82 Å². The van der Waals surface area contributed by atoms with Gasteiger partial charge in [0.05, 0.1) is 18.1 Å². The quantitative estimate of drug-likeness (QED) is 0.831. The van der Waals surface area contributed by atoms with Gasteiger partial charge in [0, 0.05) is 6.54 Å². The maximum atomic E-state index is 13.6. The second-order valence-corrected chi connectivity index (χ2v) is 3.36. The molecule has 0 amide bonds. The molecular weight excluding hydrogens is 209 g/mol. The van der Waals surface area contributed by atoms with Crippen molar-refractivity contribution >= 4 is 5.95 Å². The lowest BCUT2D eigenvalue weighted by Gasteiger charge is -2.07. The molecule has 2 N–H and O–H groups in total. The van der Waals surface area contributed by atoms with Crippen molar-refractivity contribution in [3.05, 3.63) is 24.0 Å². The fraction of sp³-hybridized carbons (Fsp3) is 0.300. The predicted octanol–water partition coefficient (Wildman–Crippen LogP) is 1.39. The predicted molar refractivity (Wildman–Crippen MR) is 58.0 cm³/mol. The zero-order valence-corrected chi connectivity index (χ0v) is 9.11. The van der Waals surface area contributed by atoms with Crippen LogP contribution in [0.4, 0.5) is 10.3 Å². The van der Waals surface area contributed by atoms with Gasteiger partial charge in [-0.2, -0.15) is 0 Å². The summed E-state index contributed by atoms with van der Waals surface area (Å²) in [5, 5.41) is 0. The summed E-state index contributed by atoms with van der Waals surface area (Å²) in [7, 11) is 0. The number of hydrogen-bond acceptors (Lipinski definition) is 4. The zero-order valence-electron chi connectivity index (χ0n) is 9.11. The van der Waals surface area contributed by atoms with Gasteiger partial charge in [-0.25, -0.2) is 19.3 Å². The maximum Gasteiger partial charge on any atom is 0.220 e. The molecule has 2 rings (SSSR count). The van der Waals surface area contributed by atoms with Crippen molar-refractivity contribution in [1.29, 1.82) is 0 Å². The van der Waals surface area contributed by atoms with Gasteiger partial charge in [-0.15, -0.1) is 0 Å². The molecular formula is C10H12FN5. The SMILES string of the molecule is CCn1c(-c2nc(N)ncc2F)cnc1C. The minimum absolute atomic E-state index is 0.0536. The van der Waals surface area contributed by atoms with Gasteiger partial charge in [-0.05, 0) is 13.8 Å². The van der Waals surface area contributed by atoms with Crippen LogP contribution in [0.5, 0.6) is 0 Å². The van der Waals surface area contributed by atoms with Crippen LogP contribution in [0.1, 0.15) is 12.7 Å². The van der Waals surface area contributed by atoms with E-state index in [0.717, 1.165) is 12.0 Å². The third kappa shape index (κ3) is 1.62. The van der Waals surface area contributed by atoms with E-state index in [1.807, 2.05) is 18.4 Å². The van der Waals surface area contributed by atoms with Gasteiger partial charge in [-0.3, -0.25) is 0 Å². The van der Waals surface area contributed by atoms with E-state index < -0.39 is 5.82 Å². The Bertz CT molecular complexity index is 520. The average Bonchev–Trinajstić information content (AvgIpc) is 2.63. The minimum Gasteiger partial charge on any atom is -0.368 e. The van der Waals surface area contributed by atoms with Gasteiger partial charge in [0.25, 0.3) is 0 Å². The molecule has 0 spiro atoms. The van der Waals surface area contributed by atoms with Gasteiger partial charge in [-0.1, -0.05) is 0 Å². The van der Waals surface area contributed by atoms with E-state index in [2.05, 4.69) is 15.0 Å². The van der Waals surface area contributed by atoms with Gasteiger partial charge >= 0.3 is 0 Å². The number of hydrogen-bond donors (Lipinski definition) is 1. The Morgan fingerprint density at radius 1 is 1.38 bits per heavy atom. The first kappa shape index (κ1) is 10.5. The van der Waals surface area contributed by atoms with E-state index in [-0.39, 0.29) is 11.6 Å². The molecule has 0 radical (unpaired) electrons. The normalized spacial score (nSPS) is 10.7. The Morgan fingerprint density at radius 2 is 2.12 bits per heavy atom. The van der Waals surface area contributed by atoms with Crippen LogP contribution in [0.15, 0.2) is 12.4 Å². The second-order valence-electron chi connectivity index (χ2n) is 3.36. The number of nitrogens with zero attached hydrogens (tertiary/aromatic N) is 4. The Hall–Kier alpha value is -1.98. The van der Waals surface area contributed by atoms with E-state index in [9.17, 15) is 4.39 Å². The molecule has 6 heteroatoms. The molecule has 5 nitrogen and oxygen atoms in total. The van der Waals surface area contributed by atoms with Crippen LogP contribution in [0, 0.1) is 12.7 Å². The number of nitrogens with two attached hydrogens (primary N) is 1. The highest BCUT2D eigenvalue weighted by Crippen LogP contribution is 2.21. The van der Waals surface area contributed by atoms with E-state index in [1.54, 1.807) is 6.20 Å². The summed E-state index contributed by atoms with van der Waals surface area (Å²) >= 11 is 0. The number of aromatic nitrogens is 4. The van der Waals surface area contributed by atoms with Crippen LogP contribution >= 0.6 is 0 Å². The molecule has 0 aromatic carbocycles. The Balaban J connectivity index is 2.62. The Morgan fingerprint density at radius 3 is 2.81 bits per heavy atom. The largest absolute Gasteiger partial charge is 0.368 e. The van der Waals surface area contributed by atoms with E-state index in [1.165, 1.54) is 0 Å². The fourth-order valence-electron chi connectivity index (χ4n) is 1.62. The third-order valence-corrected chi connectivity index (χ3v) is 2.38. The molecule has 2 aromatic heterocycles. The average molecular weight is 221 g/mol. The minimum atomic E-state index is -0.496. The van der Waals surface area contributed by atoms with E-state index in [0.29, 0.717) is 12.2 Å². The van der Waals surface area contributed by atoms with Crippen molar-refractivity contribution in [1.82, 2.24) is 19.5 Å². The first-order chi connectivity index (χ1) is 7.63. The molecule has 0 fully saturated rings. The molecule has 0 saturated heterocycles. The maximum absolute atomic E-state index is 13.6. The number of rotatable bonds is 2. The summed E-state index contributed by atoms with van der Waals surface area (Å²) in [6.07, 6.45) is 2.66. The van der Waals surface area contributed by atoms with Crippen molar-refractivity contribution in [2.45, 2.75) is 20.4 Å². The number of nitrogen functional groups attached to an aromatic ring is 1. The molecule has 84 valence electrons. The summed E-state index contributed by atoms with van der Waals surface area (Å²) in [6.45, 7) is 4.51. The van der Waals surface area contributed by atoms with Crippen molar-refractivity contribution < 1.29 is 4.39 Å². The standard InChI is InChI=1S/C10H12FN5/c1-3-16-6(2)13-5-8(16)9-7(11)4-14-10(12)15-9/h4-5H,3H2,1-2H3,(H2,12,14,15). The number of halogens is 1. The third-order valence-electron chi connectivity index (χ3n) is 2.38. The van der Waals surface area contributed by atoms with Crippen molar-refractivity contribution in [2.24, 2.45) is 0 Å². The molecule has 0 unspecified atom stereocenters. The van der Waals surface area contributed by atoms with Crippen LogP contribution in [0.2, 0.25) is 0 Å². The van der Waals surface area contributed by atoms with Crippen LogP contribution < -0.4 is 5.73 Å². The summed E-state index contributed by atoms with van der Waals surface area (Å²) in [5.41, 5.74) is 6.25. The lowest BCUT2D eigenvalue weighted by Crippen LogP contribution is -2.04. The smallest absolute Gasteiger partial charge is 0.220 e. The van der Waals surface area contributed by atoms with Crippen molar-refractivity contribution in [2.75, 3.05) is 5.73 Å². The zero-order chi connectivity index (χ0) is 11.7. The van der Waals surface area contributed by atoms with E-state index in [4.69, 9.17) is 5.73 Å². The van der Waals surface area contributed by atoms with Crippen LogP contribution in [0.3, 0.4) is 0 Å². The molecule has 16 heavy (non-hydrogen) atoms. The number of aryl methyl sites for hydroxylation is 1. The number of anilines is 1. The summed E-state index contributed by atoms with van der Waals surface area (Å²) < 4.78 is 15.4. The lowest BCUT2D eigenvalue weighted by molar-refractivity contribution is 0.615. The van der Waals surface area contributed by atoms with Gasteiger partial charge < -0.3 is 10.3 Å². The lowest BCUT2D eigenvalue weighted by atomic mass is 10.3. The fourth-order valence-corrected chi connectivity index (χ4v) is 1.62. The van der Waals surface area contributed by atoms with Crippen LogP contribution in [0.25, 0.3) is 11.4 Å². The molecule has 0 saturated carbocycles. The summed E-state index contributed by atoms with van der Waals surface area (Å²) in [5.74, 6) is 0.371. The molecule has 0 atom stereocenters. The molecule has 2 heterocycles. The van der Waals surface area contributed by atoms with Crippen LogP contribution in [-0.2, 0) is 6.54 Å². The first-order valence-electron chi connectivity index (χ1n) is 4.94. The highest BCUT2D eigenvalue weighted by molar-refractivity contribution is 5.56. The Kier molecular flexibility index (Phi) is 2.55. The topological polar surface area (TPSA) is 69.6 Å².